The SMILES string of the molecule is O=C1c2cccc3cccc(c23)N1CC1CCNCC1. The van der Waals surface area contributed by atoms with Crippen molar-refractivity contribution in [1.82, 2.24) is 5.32 Å². The maximum absolute atomic E-state index is 12.7. The molecule has 0 atom stereocenters. The summed E-state index contributed by atoms with van der Waals surface area (Å²) in [7, 11) is 0. The van der Waals surface area contributed by atoms with Crippen LogP contribution in [-0.4, -0.2) is 25.5 Å². The summed E-state index contributed by atoms with van der Waals surface area (Å²) in [5.41, 5.74) is 1.97. The van der Waals surface area contributed by atoms with Crippen molar-refractivity contribution in [2.45, 2.75) is 12.8 Å². The summed E-state index contributed by atoms with van der Waals surface area (Å²) in [5.74, 6) is 0.792. The average molecular weight is 266 g/mol. The molecule has 1 saturated heterocycles. The number of rotatable bonds is 2. The largest absolute Gasteiger partial charge is 0.317 e. The Bertz CT molecular complexity index is 668. The number of hydrogen-bond acceptors (Lipinski definition) is 2. The molecule has 102 valence electrons. The first-order valence-corrected chi connectivity index (χ1v) is 7.39. The van der Waals surface area contributed by atoms with Gasteiger partial charge < -0.3 is 10.2 Å². The zero-order valence-electron chi connectivity index (χ0n) is 11.4. The van der Waals surface area contributed by atoms with Crippen LogP contribution in [0.1, 0.15) is 23.2 Å². The molecule has 2 aromatic carbocycles. The molecule has 3 heteroatoms. The van der Waals surface area contributed by atoms with Crippen molar-refractivity contribution in [3.8, 4) is 0 Å². The highest BCUT2D eigenvalue weighted by atomic mass is 16.2. The first-order valence-electron chi connectivity index (χ1n) is 7.39. The van der Waals surface area contributed by atoms with Crippen molar-refractivity contribution >= 4 is 22.4 Å². The third-order valence-electron chi connectivity index (χ3n) is 4.55. The van der Waals surface area contributed by atoms with E-state index in [1.165, 1.54) is 5.39 Å². The maximum atomic E-state index is 12.7. The lowest BCUT2D eigenvalue weighted by Crippen LogP contribution is -2.37. The molecule has 0 unspecified atom stereocenters. The van der Waals surface area contributed by atoms with E-state index in [0.29, 0.717) is 5.92 Å². The highest BCUT2D eigenvalue weighted by Crippen LogP contribution is 2.37. The molecule has 1 N–H and O–H groups in total. The molecule has 0 spiro atoms. The molecule has 0 aliphatic carbocycles. The lowest BCUT2D eigenvalue weighted by Gasteiger charge is -2.28. The van der Waals surface area contributed by atoms with E-state index >= 15 is 0 Å². The molecule has 2 aliphatic rings. The van der Waals surface area contributed by atoms with Gasteiger partial charge in [0.05, 0.1) is 5.69 Å². The fourth-order valence-corrected chi connectivity index (χ4v) is 3.48. The lowest BCUT2D eigenvalue weighted by molar-refractivity contribution is 0.0987. The van der Waals surface area contributed by atoms with Crippen LogP contribution in [0.5, 0.6) is 0 Å². The van der Waals surface area contributed by atoms with Gasteiger partial charge in [-0.15, -0.1) is 0 Å². The zero-order valence-corrected chi connectivity index (χ0v) is 11.4. The summed E-state index contributed by atoms with van der Waals surface area (Å²) in [6.45, 7) is 3.00. The van der Waals surface area contributed by atoms with Crippen LogP contribution in [0.3, 0.4) is 0 Å². The second kappa shape index (κ2) is 4.60. The van der Waals surface area contributed by atoms with Crippen LogP contribution in [0.2, 0.25) is 0 Å². The Morgan fingerprint density at radius 3 is 2.65 bits per heavy atom. The van der Waals surface area contributed by atoms with Gasteiger partial charge in [0.2, 0.25) is 0 Å². The van der Waals surface area contributed by atoms with Crippen LogP contribution < -0.4 is 10.2 Å². The molecular weight excluding hydrogens is 248 g/mol. The van der Waals surface area contributed by atoms with E-state index < -0.39 is 0 Å². The molecule has 0 saturated carbocycles. The minimum absolute atomic E-state index is 0.176. The Balaban J connectivity index is 1.73. The van der Waals surface area contributed by atoms with Crippen molar-refractivity contribution < 1.29 is 4.79 Å². The van der Waals surface area contributed by atoms with Gasteiger partial charge in [0.1, 0.15) is 0 Å². The topological polar surface area (TPSA) is 32.3 Å². The fourth-order valence-electron chi connectivity index (χ4n) is 3.48. The van der Waals surface area contributed by atoms with Gasteiger partial charge in [0.25, 0.3) is 5.91 Å². The van der Waals surface area contributed by atoms with Crippen LogP contribution in [-0.2, 0) is 0 Å². The smallest absolute Gasteiger partial charge is 0.259 e. The minimum Gasteiger partial charge on any atom is -0.317 e. The Morgan fingerprint density at radius 2 is 1.85 bits per heavy atom. The van der Waals surface area contributed by atoms with Crippen LogP contribution >= 0.6 is 0 Å². The van der Waals surface area contributed by atoms with Crippen molar-refractivity contribution in [3.05, 3.63) is 42.0 Å². The molecule has 20 heavy (non-hydrogen) atoms. The predicted octanol–water partition coefficient (Wildman–Crippen LogP) is 2.80. The number of piperidine rings is 1. The normalized spacial score (nSPS) is 19.0. The highest BCUT2D eigenvalue weighted by molar-refractivity contribution is 6.25. The Morgan fingerprint density at radius 1 is 1.10 bits per heavy atom. The minimum atomic E-state index is 0.176. The fraction of sp³-hybridized carbons (Fsp3) is 0.353. The lowest BCUT2D eigenvalue weighted by atomic mass is 9.97. The average Bonchev–Trinajstić information content (AvgIpc) is 2.77. The highest BCUT2D eigenvalue weighted by Gasteiger charge is 2.31. The third-order valence-corrected chi connectivity index (χ3v) is 4.55. The van der Waals surface area contributed by atoms with Gasteiger partial charge in [-0.25, -0.2) is 0 Å². The van der Waals surface area contributed by atoms with Gasteiger partial charge in [-0.2, -0.15) is 0 Å². The molecular formula is C17H18N2O. The number of amides is 1. The first kappa shape index (κ1) is 11.9. The first-order chi connectivity index (χ1) is 9.84. The monoisotopic (exact) mass is 266 g/mol. The van der Waals surface area contributed by atoms with E-state index in [-0.39, 0.29) is 5.91 Å². The van der Waals surface area contributed by atoms with E-state index in [0.717, 1.165) is 49.1 Å². The van der Waals surface area contributed by atoms with Gasteiger partial charge in [-0.1, -0.05) is 24.3 Å². The van der Waals surface area contributed by atoms with Crippen molar-refractivity contribution in [3.63, 3.8) is 0 Å². The molecule has 1 amide bonds. The molecule has 1 fully saturated rings. The predicted molar refractivity (Wildman–Crippen MR) is 81.2 cm³/mol. The number of hydrogen-bond donors (Lipinski definition) is 1. The summed E-state index contributed by atoms with van der Waals surface area (Å²) in [6.07, 6.45) is 2.33. The summed E-state index contributed by atoms with van der Waals surface area (Å²) in [4.78, 5) is 14.7. The Kier molecular flexibility index (Phi) is 2.74. The summed E-state index contributed by atoms with van der Waals surface area (Å²) in [5, 5.41) is 5.69. The number of carbonyl (C=O) groups is 1. The van der Waals surface area contributed by atoms with Crippen LogP contribution in [0.25, 0.3) is 10.8 Å². The van der Waals surface area contributed by atoms with E-state index in [2.05, 4.69) is 29.6 Å². The van der Waals surface area contributed by atoms with Crippen molar-refractivity contribution in [2.75, 3.05) is 24.5 Å². The molecule has 4 rings (SSSR count). The number of benzene rings is 2. The zero-order chi connectivity index (χ0) is 13.5. The molecule has 2 aromatic rings. The van der Waals surface area contributed by atoms with E-state index in [1.54, 1.807) is 0 Å². The van der Waals surface area contributed by atoms with E-state index in [9.17, 15) is 4.79 Å². The van der Waals surface area contributed by atoms with Crippen molar-refractivity contribution in [1.29, 1.82) is 0 Å². The van der Waals surface area contributed by atoms with Crippen LogP contribution in [0.4, 0.5) is 5.69 Å². The molecule has 2 aliphatic heterocycles. The second-order valence-corrected chi connectivity index (χ2v) is 5.79. The molecule has 2 heterocycles. The standard InChI is InChI=1S/C17H18N2O/c20-17-14-5-1-3-13-4-2-6-15(16(13)14)19(17)11-12-7-9-18-10-8-12/h1-6,12,18H,7-11H2. The van der Waals surface area contributed by atoms with Gasteiger partial charge in [0, 0.05) is 17.5 Å². The van der Waals surface area contributed by atoms with Gasteiger partial charge in [-0.05, 0) is 49.4 Å². The third kappa shape index (κ3) is 1.74. The van der Waals surface area contributed by atoms with Gasteiger partial charge in [-0.3, -0.25) is 4.79 Å². The quantitative estimate of drug-likeness (QED) is 0.906. The van der Waals surface area contributed by atoms with Crippen molar-refractivity contribution in [2.24, 2.45) is 5.92 Å². The number of carbonyl (C=O) groups excluding carboxylic acids is 1. The summed E-state index contributed by atoms with van der Waals surface area (Å²) >= 11 is 0. The number of nitrogens with zero attached hydrogens (tertiary/aromatic N) is 1. The van der Waals surface area contributed by atoms with Crippen LogP contribution in [0.15, 0.2) is 36.4 Å². The second-order valence-electron chi connectivity index (χ2n) is 5.79. The maximum Gasteiger partial charge on any atom is 0.259 e. The molecule has 0 bridgehead atoms. The van der Waals surface area contributed by atoms with Crippen LogP contribution in [0, 0.1) is 5.92 Å². The number of anilines is 1. The van der Waals surface area contributed by atoms with Gasteiger partial charge >= 0.3 is 0 Å². The molecule has 0 radical (unpaired) electrons. The van der Waals surface area contributed by atoms with Gasteiger partial charge in [0.15, 0.2) is 0 Å². The molecule has 0 aromatic heterocycles. The summed E-state index contributed by atoms with van der Waals surface area (Å²) in [6, 6.07) is 12.2. The summed E-state index contributed by atoms with van der Waals surface area (Å²) < 4.78 is 0. The number of nitrogens with one attached hydrogen (secondary N) is 1. The molecule has 3 nitrogen and oxygen atoms in total. The van der Waals surface area contributed by atoms with E-state index in [4.69, 9.17) is 0 Å². The van der Waals surface area contributed by atoms with E-state index in [1.807, 2.05) is 17.0 Å². The Labute approximate surface area is 118 Å². The Hall–Kier alpha value is -1.87.